The molecular weight excluding hydrogens is 475 g/mol. The summed E-state index contributed by atoms with van der Waals surface area (Å²) in [6.45, 7) is 0. The van der Waals surface area contributed by atoms with Gasteiger partial charge < -0.3 is 5.21 Å². The van der Waals surface area contributed by atoms with Gasteiger partial charge in [-0.2, -0.15) is 4.73 Å². The number of hydrogen-bond donors (Lipinski definition) is 1. The first-order valence-electron chi connectivity index (χ1n) is 7.68. The number of sulfonamides is 1. The number of anilines is 1. The third kappa shape index (κ3) is 4.32. The second-order valence-corrected chi connectivity index (χ2v) is 8.62. The van der Waals surface area contributed by atoms with Gasteiger partial charge in [0.1, 0.15) is 5.82 Å². The fraction of sp³-hybridized carbons (Fsp3) is 0. The van der Waals surface area contributed by atoms with Crippen molar-refractivity contribution in [1.82, 2.24) is 0 Å². The summed E-state index contributed by atoms with van der Waals surface area (Å²) >= 11 is 8.92. The highest BCUT2D eigenvalue weighted by molar-refractivity contribution is 9.10. The van der Waals surface area contributed by atoms with E-state index in [1.165, 1.54) is 42.5 Å². The molecule has 0 saturated heterocycles. The zero-order valence-corrected chi connectivity index (χ0v) is 17.1. The first kappa shape index (κ1) is 20.2. The molecule has 6 nitrogen and oxygen atoms in total. The molecule has 0 spiro atoms. The maximum absolute atomic E-state index is 13.7. The van der Waals surface area contributed by atoms with Crippen molar-refractivity contribution >= 4 is 49.0 Å². The van der Waals surface area contributed by atoms with Crippen LogP contribution in [0.3, 0.4) is 0 Å². The van der Waals surface area contributed by atoms with E-state index in [1.54, 1.807) is 0 Å². The minimum atomic E-state index is -4.17. The number of carbonyl (C=O) groups is 1. The molecule has 144 valence electrons. The minimum absolute atomic E-state index is 0.0164. The van der Waals surface area contributed by atoms with Gasteiger partial charge in [-0.15, -0.1) is 0 Å². The fourth-order valence-corrected chi connectivity index (χ4v) is 3.87. The van der Waals surface area contributed by atoms with E-state index in [0.29, 0.717) is 4.73 Å². The number of hydrogen-bond acceptors (Lipinski definition) is 4. The first-order valence-corrected chi connectivity index (χ1v) is 10.3. The molecule has 1 N–H and O–H groups in total. The second-order valence-electron chi connectivity index (χ2n) is 5.65. The molecule has 0 aliphatic heterocycles. The van der Waals surface area contributed by atoms with E-state index < -0.39 is 21.6 Å². The van der Waals surface area contributed by atoms with Crippen molar-refractivity contribution in [2.75, 3.05) is 4.72 Å². The van der Waals surface area contributed by atoms with Crippen molar-refractivity contribution in [3.8, 4) is 0 Å². The van der Waals surface area contributed by atoms with Crippen molar-refractivity contribution in [3.05, 3.63) is 92.6 Å². The zero-order valence-electron chi connectivity index (χ0n) is 13.9. The summed E-state index contributed by atoms with van der Waals surface area (Å²) in [4.78, 5) is 12.5. The van der Waals surface area contributed by atoms with Crippen LogP contribution in [0.4, 0.5) is 10.1 Å². The van der Waals surface area contributed by atoms with Crippen LogP contribution < -0.4 is 9.45 Å². The maximum Gasteiger partial charge on any atom is 0.262 e. The van der Waals surface area contributed by atoms with Gasteiger partial charge in [-0.05, 0) is 52.3 Å². The Balaban J connectivity index is 2.01. The fourth-order valence-electron chi connectivity index (χ4n) is 2.36. The van der Waals surface area contributed by atoms with E-state index in [9.17, 15) is 22.8 Å². The molecule has 0 aliphatic rings. The van der Waals surface area contributed by atoms with Gasteiger partial charge in [0, 0.05) is 28.3 Å². The van der Waals surface area contributed by atoms with Gasteiger partial charge in [0.2, 0.25) is 0 Å². The number of ketones is 1. The number of halogens is 3. The van der Waals surface area contributed by atoms with Gasteiger partial charge in [-0.1, -0.05) is 11.6 Å². The van der Waals surface area contributed by atoms with Crippen LogP contribution >= 0.6 is 27.5 Å². The number of benzene rings is 2. The van der Waals surface area contributed by atoms with Crippen LogP contribution in [0, 0.1) is 11.0 Å². The third-order valence-electron chi connectivity index (χ3n) is 3.74. The molecule has 10 heteroatoms. The van der Waals surface area contributed by atoms with E-state index in [-0.39, 0.29) is 31.2 Å². The Bertz CT molecular complexity index is 1170. The molecule has 3 aromatic rings. The number of carbonyl (C=O) groups excluding carboxylic acids is 1. The highest BCUT2D eigenvalue weighted by atomic mass is 79.9. The highest BCUT2D eigenvalue weighted by Crippen LogP contribution is 2.27. The van der Waals surface area contributed by atoms with Crippen molar-refractivity contribution in [3.63, 3.8) is 0 Å². The Morgan fingerprint density at radius 3 is 2.43 bits per heavy atom. The Labute approximate surface area is 173 Å². The molecule has 0 unspecified atom stereocenters. The van der Waals surface area contributed by atoms with Gasteiger partial charge in [-0.3, -0.25) is 9.52 Å². The molecule has 0 fully saturated rings. The van der Waals surface area contributed by atoms with Gasteiger partial charge in [0.05, 0.1) is 15.1 Å². The topological polar surface area (TPSA) is 90.2 Å². The SMILES string of the molecule is O=C(c1cc[n+]([O-])cc1)c1cc(Cl)ccc1NS(=O)(=O)c1ccc(Br)c(F)c1. The molecule has 2 aromatic carbocycles. The van der Waals surface area contributed by atoms with Crippen LogP contribution in [-0.2, 0) is 10.0 Å². The van der Waals surface area contributed by atoms with E-state index in [2.05, 4.69) is 20.7 Å². The molecule has 0 atom stereocenters. The largest absolute Gasteiger partial charge is 0.619 e. The van der Waals surface area contributed by atoms with Gasteiger partial charge in [0.15, 0.2) is 18.2 Å². The molecule has 28 heavy (non-hydrogen) atoms. The van der Waals surface area contributed by atoms with E-state index >= 15 is 0 Å². The lowest BCUT2D eigenvalue weighted by molar-refractivity contribution is -0.605. The van der Waals surface area contributed by atoms with Crippen molar-refractivity contribution in [2.24, 2.45) is 0 Å². The smallest absolute Gasteiger partial charge is 0.262 e. The van der Waals surface area contributed by atoms with Crippen LogP contribution in [0.25, 0.3) is 0 Å². The molecule has 1 aromatic heterocycles. The number of pyridine rings is 1. The van der Waals surface area contributed by atoms with E-state index in [0.717, 1.165) is 18.5 Å². The lowest BCUT2D eigenvalue weighted by atomic mass is 10.0. The lowest BCUT2D eigenvalue weighted by Gasteiger charge is -2.13. The summed E-state index contributed by atoms with van der Waals surface area (Å²) in [6.07, 6.45) is 2.29. The molecule has 0 radical (unpaired) electrons. The summed E-state index contributed by atoms with van der Waals surface area (Å²) in [5.41, 5.74) is 0.124. The minimum Gasteiger partial charge on any atom is -0.619 e. The molecule has 0 aliphatic carbocycles. The molecular formula is C18H11BrClFN2O4S. The van der Waals surface area contributed by atoms with Gasteiger partial charge >= 0.3 is 0 Å². The molecule has 0 saturated carbocycles. The average Bonchev–Trinajstić information content (AvgIpc) is 2.65. The first-order chi connectivity index (χ1) is 13.2. The van der Waals surface area contributed by atoms with E-state index in [4.69, 9.17) is 11.6 Å². The summed E-state index contributed by atoms with van der Waals surface area (Å²) in [5.74, 6) is -1.28. The third-order valence-corrected chi connectivity index (χ3v) is 5.98. The standard InChI is InChI=1S/C18H11BrClFN2O4S/c19-15-3-2-13(10-16(15)21)28(26,27)22-17-4-1-12(20)9-14(17)18(24)11-5-7-23(25)8-6-11/h1-10,22H. The van der Waals surface area contributed by atoms with E-state index in [1.807, 2.05) is 0 Å². The van der Waals surface area contributed by atoms with Crippen LogP contribution in [-0.4, -0.2) is 14.2 Å². The van der Waals surface area contributed by atoms with Crippen molar-refractivity contribution < 1.29 is 22.3 Å². The van der Waals surface area contributed by atoms with Crippen molar-refractivity contribution in [2.45, 2.75) is 4.90 Å². The number of rotatable bonds is 5. The average molecular weight is 486 g/mol. The summed E-state index contributed by atoms with van der Waals surface area (Å²) in [6, 6.07) is 10.00. The number of aromatic nitrogens is 1. The quantitative estimate of drug-likeness (QED) is 0.337. The second kappa shape index (κ2) is 7.86. The van der Waals surface area contributed by atoms with Gasteiger partial charge in [-0.25, -0.2) is 12.8 Å². The monoisotopic (exact) mass is 484 g/mol. The number of nitrogens with zero attached hydrogens (tertiary/aromatic N) is 1. The zero-order chi connectivity index (χ0) is 20.5. The normalized spacial score (nSPS) is 11.2. The molecule has 1 heterocycles. The van der Waals surface area contributed by atoms with Crippen LogP contribution in [0.2, 0.25) is 5.02 Å². The summed E-state index contributed by atoms with van der Waals surface area (Å²) < 4.78 is 41.9. The maximum atomic E-state index is 13.7. The number of nitrogens with one attached hydrogen (secondary N) is 1. The Morgan fingerprint density at radius 2 is 1.79 bits per heavy atom. The van der Waals surface area contributed by atoms with Crippen LogP contribution in [0.5, 0.6) is 0 Å². The molecule has 3 rings (SSSR count). The van der Waals surface area contributed by atoms with Crippen LogP contribution in [0.15, 0.2) is 70.3 Å². The van der Waals surface area contributed by atoms with Crippen LogP contribution in [0.1, 0.15) is 15.9 Å². The predicted molar refractivity (Wildman–Crippen MR) is 105 cm³/mol. The molecule has 0 amide bonds. The lowest BCUT2D eigenvalue weighted by Crippen LogP contribution is -2.24. The predicted octanol–water partition coefficient (Wildman–Crippen LogP) is 3.91. The summed E-state index contributed by atoms with van der Waals surface area (Å²) in [7, 11) is -4.17. The Kier molecular flexibility index (Phi) is 5.69. The Morgan fingerprint density at radius 1 is 1.11 bits per heavy atom. The highest BCUT2D eigenvalue weighted by Gasteiger charge is 2.21. The van der Waals surface area contributed by atoms with Crippen molar-refractivity contribution in [1.29, 1.82) is 0 Å². The summed E-state index contributed by atoms with van der Waals surface area (Å²) in [5, 5.41) is 11.4. The van der Waals surface area contributed by atoms with Gasteiger partial charge in [0.25, 0.3) is 10.0 Å². The Hall–Kier alpha value is -2.49. The molecule has 0 bridgehead atoms.